The highest BCUT2D eigenvalue weighted by Gasteiger charge is 2.32. The number of carbonyl (C=O) groups excluding carboxylic acids is 1. The number of nitrogens with one attached hydrogen (secondary N) is 1. The van der Waals surface area contributed by atoms with Crippen molar-refractivity contribution < 1.29 is 22.0 Å². The van der Waals surface area contributed by atoms with Gasteiger partial charge in [0, 0.05) is 6.54 Å². The van der Waals surface area contributed by atoms with Gasteiger partial charge in [-0.15, -0.1) is 0 Å². The number of benzene rings is 2. The van der Waals surface area contributed by atoms with Crippen LogP contribution in [-0.4, -0.2) is 20.9 Å². The summed E-state index contributed by atoms with van der Waals surface area (Å²) in [5, 5.41) is 1.61. The van der Waals surface area contributed by atoms with Crippen molar-refractivity contribution in [2.75, 3.05) is 6.54 Å². The third-order valence-electron chi connectivity index (χ3n) is 4.80. The Morgan fingerprint density at radius 3 is 2.41 bits per heavy atom. The number of hydrogen-bond acceptors (Lipinski definition) is 4. The Bertz CT molecular complexity index is 1090. The van der Waals surface area contributed by atoms with E-state index in [1.807, 2.05) is 13.8 Å². The molecular weight excluding hydrogens is 393 g/mol. The van der Waals surface area contributed by atoms with Gasteiger partial charge in [0.2, 0.25) is 5.91 Å². The molecule has 1 aromatic heterocycles. The van der Waals surface area contributed by atoms with Crippen LogP contribution in [0.15, 0.2) is 70.2 Å². The molecule has 0 fully saturated rings. The maximum atomic E-state index is 13.2. The maximum Gasteiger partial charge on any atom is 0.224 e. The highest BCUT2D eigenvalue weighted by Crippen LogP contribution is 2.30. The molecule has 1 N–H and O–H groups in total. The van der Waals surface area contributed by atoms with Crippen molar-refractivity contribution in [1.29, 1.82) is 0 Å². The molecule has 1 atom stereocenters. The average molecular weight is 415 g/mol. The molecule has 0 aliphatic carbocycles. The summed E-state index contributed by atoms with van der Waals surface area (Å²) in [6.07, 6.45) is 1.42. The zero-order valence-corrected chi connectivity index (χ0v) is 17.0. The number of halogens is 1. The molecule has 0 aliphatic heterocycles. The number of carbonyl (C=O) groups is 1. The van der Waals surface area contributed by atoms with Crippen LogP contribution in [0.3, 0.4) is 0 Å². The van der Waals surface area contributed by atoms with E-state index in [1.54, 1.807) is 30.3 Å². The standard InChI is InChI=1S/C22H22FNO4S/c1-15-5-10-19(12-16(15)2)29(26,27)21(20-4-3-11-28-20)14-24-22(25)13-17-6-8-18(23)9-7-17/h3-12,21H,13-14H2,1-2H3,(H,24,25)/t21-/m1/s1. The van der Waals surface area contributed by atoms with Crippen LogP contribution >= 0.6 is 0 Å². The van der Waals surface area contributed by atoms with E-state index >= 15 is 0 Å². The lowest BCUT2D eigenvalue weighted by atomic mass is 10.1. The fraction of sp³-hybridized carbons (Fsp3) is 0.227. The molecule has 3 rings (SSSR count). The molecule has 0 bridgehead atoms. The molecule has 29 heavy (non-hydrogen) atoms. The fourth-order valence-electron chi connectivity index (χ4n) is 2.95. The minimum atomic E-state index is -3.80. The number of sulfone groups is 1. The number of amides is 1. The van der Waals surface area contributed by atoms with E-state index in [2.05, 4.69) is 5.32 Å². The molecule has 3 aromatic rings. The second-order valence-electron chi connectivity index (χ2n) is 6.90. The fourth-order valence-corrected chi connectivity index (χ4v) is 4.62. The molecule has 0 aliphatic rings. The third-order valence-corrected chi connectivity index (χ3v) is 6.86. The Hall–Kier alpha value is -2.93. The van der Waals surface area contributed by atoms with Gasteiger partial charge in [0.1, 0.15) is 16.8 Å². The van der Waals surface area contributed by atoms with Crippen molar-refractivity contribution in [3.8, 4) is 0 Å². The van der Waals surface area contributed by atoms with Gasteiger partial charge in [0.15, 0.2) is 9.84 Å². The van der Waals surface area contributed by atoms with Crippen LogP contribution in [0.5, 0.6) is 0 Å². The summed E-state index contributed by atoms with van der Waals surface area (Å²) in [6, 6.07) is 13.7. The number of hydrogen-bond donors (Lipinski definition) is 1. The topological polar surface area (TPSA) is 76.4 Å². The Labute approximate surface area is 169 Å². The minimum Gasteiger partial charge on any atom is -0.468 e. The monoisotopic (exact) mass is 415 g/mol. The largest absolute Gasteiger partial charge is 0.468 e. The molecular formula is C22H22FNO4S. The minimum absolute atomic E-state index is 0.0227. The van der Waals surface area contributed by atoms with Crippen molar-refractivity contribution in [2.45, 2.75) is 30.4 Å². The predicted molar refractivity (Wildman–Crippen MR) is 108 cm³/mol. The summed E-state index contributed by atoms with van der Waals surface area (Å²) in [4.78, 5) is 12.5. The molecule has 0 saturated carbocycles. The van der Waals surface area contributed by atoms with Crippen LogP contribution in [-0.2, 0) is 21.1 Å². The van der Waals surface area contributed by atoms with Gasteiger partial charge in [-0.2, -0.15) is 0 Å². The average Bonchev–Trinajstić information content (AvgIpc) is 3.20. The van der Waals surface area contributed by atoms with Gasteiger partial charge in [-0.1, -0.05) is 18.2 Å². The lowest BCUT2D eigenvalue weighted by molar-refractivity contribution is -0.120. The van der Waals surface area contributed by atoms with Crippen LogP contribution in [0.2, 0.25) is 0 Å². The summed E-state index contributed by atoms with van der Waals surface area (Å²) in [5.74, 6) is -0.486. The van der Waals surface area contributed by atoms with Gasteiger partial charge in [-0.25, -0.2) is 12.8 Å². The molecule has 1 heterocycles. The Balaban J connectivity index is 1.79. The van der Waals surface area contributed by atoms with Crippen molar-refractivity contribution in [3.05, 3.63) is 89.1 Å². The highest BCUT2D eigenvalue weighted by molar-refractivity contribution is 7.91. The van der Waals surface area contributed by atoms with E-state index in [4.69, 9.17) is 4.42 Å². The third kappa shape index (κ3) is 4.92. The van der Waals surface area contributed by atoms with E-state index in [0.29, 0.717) is 5.56 Å². The quantitative estimate of drug-likeness (QED) is 0.635. The molecule has 0 saturated heterocycles. The highest BCUT2D eigenvalue weighted by atomic mass is 32.2. The lowest BCUT2D eigenvalue weighted by Crippen LogP contribution is -2.32. The van der Waals surface area contributed by atoms with Crippen LogP contribution in [0.25, 0.3) is 0 Å². The molecule has 5 nitrogen and oxygen atoms in total. The molecule has 2 aromatic carbocycles. The summed E-state index contributed by atoms with van der Waals surface area (Å²) in [7, 11) is -3.80. The van der Waals surface area contributed by atoms with E-state index in [9.17, 15) is 17.6 Å². The van der Waals surface area contributed by atoms with Gasteiger partial charge < -0.3 is 9.73 Å². The first-order valence-corrected chi connectivity index (χ1v) is 10.7. The molecule has 152 valence electrons. The van der Waals surface area contributed by atoms with Crippen LogP contribution < -0.4 is 5.32 Å². The van der Waals surface area contributed by atoms with Crippen LogP contribution in [0, 0.1) is 19.7 Å². The maximum absolute atomic E-state index is 13.2. The van der Waals surface area contributed by atoms with Crippen LogP contribution in [0.1, 0.15) is 27.7 Å². The Kier molecular flexibility index (Phi) is 6.17. The smallest absolute Gasteiger partial charge is 0.224 e. The first kappa shape index (κ1) is 20.8. The van der Waals surface area contributed by atoms with Crippen molar-refractivity contribution in [2.24, 2.45) is 0 Å². The number of furan rings is 1. The molecule has 0 radical (unpaired) electrons. The first-order chi connectivity index (χ1) is 13.8. The van der Waals surface area contributed by atoms with Crippen molar-refractivity contribution in [3.63, 3.8) is 0 Å². The predicted octanol–water partition coefficient (Wildman–Crippen LogP) is 3.91. The lowest BCUT2D eigenvalue weighted by Gasteiger charge is -2.17. The van der Waals surface area contributed by atoms with Gasteiger partial charge >= 0.3 is 0 Å². The molecule has 1 amide bonds. The second kappa shape index (κ2) is 8.61. The SMILES string of the molecule is Cc1ccc(S(=O)(=O)[C@H](CNC(=O)Cc2ccc(F)cc2)c2ccco2)cc1C. The van der Waals surface area contributed by atoms with Gasteiger partial charge in [0.25, 0.3) is 0 Å². The van der Waals surface area contributed by atoms with Gasteiger partial charge in [-0.05, 0) is 66.9 Å². The van der Waals surface area contributed by atoms with Gasteiger partial charge in [-0.3, -0.25) is 4.79 Å². The molecule has 0 unspecified atom stereocenters. The molecule has 7 heteroatoms. The Morgan fingerprint density at radius 2 is 1.79 bits per heavy atom. The van der Waals surface area contributed by atoms with E-state index in [1.165, 1.54) is 30.5 Å². The summed E-state index contributed by atoms with van der Waals surface area (Å²) >= 11 is 0. The van der Waals surface area contributed by atoms with Gasteiger partial charge in [0.05, 0.1) is 17.6 Å². The summed E-state index contributed by atoms with van der Waals surface area (Å²) in [5.41, 5.74) is 2.49. The van der Waals surface area contributed by atoms with E-state index in [0.717, 1.165) is 11.1 Å². The normalized spacial score (nSPS) is 12.5. The number of rotatable bonds is 7. The number of aryl methyl sites for hydroxylation is 2. The zero-order valence-electron chi connectivity index (χ0n) is 16.2. The molecule has 0 spiro atoms. The summed E-state index contributed by atoms with van der Waals surface area (Å²) < 4.78 is 44.9. The first-order valence-electron chi connectivity index (χ1n) is 9.13. The van der Waals surface area contributed by atoms with Crippen LogP contribution in [0.4, 0.5) is 4.39 Å². The van der Waals surface area contributed by atoms with E-state index in [-0.39, 0.29) is 35.3 Å². The second-order valence-corrected chi connectivity index (χ2v) is 9.03. The zero-order chi connectivity index (χ0) is 21.0. The Morgan fingerprint density at radius 1 is 1.07 bits per heavy atom. The van der Waals surface area contributed by atoms with Crippen molar-refractivity contribution in [1.82, 2.24) is 5.32 Å². The summed E-state index contributed by atoms with van der Waals surface area (Å²) in [6.45, 7) is 3.62. The van der Waals surface area contributed by atoms with Crippen molar-refractivity contribution >= 4 is 15.7 Å². The van der Waals surface area contributed by atoms with E-state index < -0.39 is 15.1 Å².